The molecule has 2 aromatic carbocycles. The fraction of sp³-hybridized carbons (Fsp3) is 0.188. The molecule has 0 bridgehead atoms. The van der Waals surface area contributed by atoms with Gasteiger partial charge in [0.25, 0.3) is 0 Å². The number of benzene rings is 2. The summed E-state index contributed by atoms with van der Waals surface area (Å²) in [5.74, 6) is 1.17. The first-order chi connectivity index (χ1) is 10.1. The molecule has 1 atom stereocenters. The molecule has 4 nitrogen and oxygen atoms in total. The molecule has 0 saturated carbocycles. The van der Waals surface area contributed by atoms with Gasteiger partial charge in [0.2, 0.25) is 5.91 Å². The molecule has 2 N–H and O–H groups in total. The van der Waals surface area contributed by atoms with E-state index >= 15 is 0 Å². The number of likely N-dealkylation sites (N-methyl/N-ethyl adjacent to an activating group) is 1. The molecule has 1 heterocycles. The first-order valence-corrected chi connectivity index (χ1v) is 7.02. The van der Waals surface area contributed by atoms with Gasteiger partial charge in [0.05, 0.1) is 5.02 Å². The molecule has 5 heteroatoms. The van der Waals surface area contributed by atoms with Crippen molar-refractivity contribution >= 4 is 23.2 Å². The van der Waals surface area contributed by atoms with Crippen LogP contribution < -0.4 is 15.4 Å². The van der Waals surface area contributed by atoms with Crippen LogP contribution in [0.5, 0.6) is 11.5 Å². The molecule has 1 amide bonds. The summed E-state index contributed by atoms with van der Waals surface area (Å²) in [6.07, 6.45) is 0. The molecule has 1 unspecified atom stereocenters. The van der Waals surface area contributed by atoms with Gasteiger partial charge in [-0.1, -0.05) is 23.7 Å². The topological polar surface area (TPSA) is 50.4 Å². The second kappa shape index (κ2) is 5.39. The number of carbonyl (C=O) groups excluding carboxylic acids is 1. The van der Waals surface area contributed by atoms with E-state index in [1.165, 1.54) is 0 Å². The van der Waals surface area contributed by atoms with E-state index in [1.54, 1.807) is 13.1 Å². The highest BCUT2D eigenvalue weighted by Crippen LogP contribution is 2.36. The van der Waals surface area contributed by atoms with Gasteiger partial charge in [0, 0.05) is 17.3 Å². The Morgan fingerprint density at radius 1 is 1.24 bits per heavy atom. The van der Waals surface area contributed by atoms with Crippen molar-refractivity contribution in [1.29, 1.82) is 0 Å². The van der Waals surface area contributed by atoms with E-state index in [-0.39, 0.29) is 11.9 Å². The highest BCUT2D eigenvalue weighted by atomic mass is 35.5. The molecule has 0 fully saturated rings. The zero-order valence-electron chi connectivity index (χ0n) is 11.7. The first-order valence-electron chi connectivity index (χ1n) is 6.64. The van der Waals surface area contributed by atoms with Crippen molar-refractivity contribution in [3.8, 4) is 11.5 Å². The molecule has 0 saturated heterocycles. The summed E-state index contributed by atoms with van der Waals surface area (Å²) >= 11 is 6.16. The van der Waals surface area contributed by atoms with Crippen LogP contribution in [-0.2, 0) is 4.79 Å². The molecule has 21 heavy (non-hydrogen) atoms. The second-order valence-electron chi connectivity index (χ2n) is 5.00. The monoisotopic (exact) mass is 302 g/mol. The van der Waals surface area contributed by atoms with Crippen LogP contribution in [0.15, 0.2) is 36.4 Å². The summed E-state index contributed by atoms with van der Waals surface area (Å²) < 4.78 is 5.79. The van der Waals surface area contributed by atoms with E-state index in [2.05, 4.69) is 10.6 Å². The van der Waals surface area contributed by atoms with Gasteiger partial charge in [0.1, 0.15) is 17.5 Å². The molecule has 0 aliphatic carbocycles. The summed E-state index contributed by atoms with van der Waals surface area (Å²) in [4.78, 5) is 11.8. The van der Waals surface area contributed by atoms with Crippen molar-refractivity contribution in [3.05, 3.63) is 52.5 Å². The van der Waals surface area contributed by atoms with Gasteiger partial charge in [-0.2, -0.15) is 0 Å². The van der Waals surface area contributed by atoms with Crippen molar-refractivity contribution in [1.82, 2.24) is 5.32 Å². The van der Waals surface area contributed by atoms with E-state index in [4.69, 9.17) is 16.3 Å². The quantitative estimate of drug-likeness (QED) is 0.910. The van der Waals surface area contributed by atoms with Crippen molar-refractivity contribution in [2.45, 2.75) is 13.0 Å². The Hall–Kier alpha value is -2.04. The lowest BCUT2D eigenvalue weighted by molar-refractivity contribution is -0.117. The Morgan fingerprint density at radius 3 is 2.76 bits per heavy atom. The van der Waals surface area contributed by atoms with Gasteiger partial charge in [-0.05, 0) is 37.7 Å². The lowest BCUT2D eigenvalue weighted by atomic mass is 10.1. The molecule has 1 aliphatic rings. The third kappa shape index (κ3) is 2.60. The molecule has 0 spiro atoms. The Bertz CT molecular complexity index is 715. The van der Waals surface area contributed by atoms with Crippen LogP contribution in [0, 0.1) is 6.92 Å². The number of ether oxygens (including phenoxy) is 1. The van der Waals surface area contributed by atoms with Crippen molar-refractivity contribution in [2.24, 2.45) is 0 Å². The fourth-order valence-electron chi connectivity index (χ4n) is 2.41. The number of halogens is 1. The number of rotatable bonds is 3. The third-order valence-corrected chi connectivity index (χ3v) is 3.76. The maximum Gasteiger partial charge on any atom is 0.246 e. The fourth-order valence-corrected chi connectivity index (χ4v) is 2.68. The predicted octanol–water partition coefficient (Wildman–Crippen LogP) is 3.65. The smallest absolute Gasteiger partial charge is 0.246 e. The summed E-state index contributed by atoms with van der Waals surface area (Å²) in [5.41, 5.74) is 2.76. The van der Waals surface area contributed by atoms with Crippen LogP contribution in [0.2, 0.25) is 5.02 Å². The minimum atomic E-state index is -0.308. The van der Waals surface area contributed by atoms with Gasteiger partial charge in [-0.25, -0.2) is 0 Å². The minimum Gasteiger partial charge on any atom is -0.456 e. The Labute approximate surface area is 128 Å². The van der Waals surface area contributed by atoms with Gasteiger partial charge >= 0.3 is 0 Å². The number of anilines is 1. The van der Waals surface area contributed by atoms with Crippen molar-refractivity contribution in [3.63, 3.8) is 0 Å². The standard InChI is InChI=1S/C16H15ClN2O2/c1-9-3-6-14(12(17)7-9)21-10-4-5-11-13(8-10)19-16(20)15(11)18-2/h3-8,15,18H,1-2H3,(H,19,20). The average molecular weight is 303 g/mol. The summed E-state index contributed by atoms with van der Waals surface area (Å²) in [6, 6.07) is 10.8. The lowest BCUT2D eigenvalue weighted by Gasteiger charge is -2.10. The van der Waals surface area contributed by atoms with E-state index in [0.29, 0.717) is 16.5 Å². The molecule has 3 rings (SSSR count). The Kier molecular flexibility index (Phi) is 3.57. The maximum atomic E-state index is 11.8. The zero-order chi connectivity index (χ0) is 15.0. The highest BCUT2D eigenvalue weighted by molar-refractivity contribution is 6.32. The van der Waals surface area contributed by atoms with E-state index in [0.717, 1.165) is 16.8 Å². The van der Waals surface area contributed by atoms with Gasteiger partial charge < -0.3 is 15.4 Å². The van der Waals surface area contributed by atoms with Crippen LogP contribution in [0.1, 0.15) is 17.2 Å². The van der Waals surface area contributed by atoms with E-state index in [9.17, 15) is 4.79 Å². The van der Waals surface area contributed by atoms with Crippen LogP contribution in [-0.4, -0.2) is 13.0 Å². The molecule has 1 aliphatic heterocycles. The SMILES string of the molecule is CNC1C(=O)Nc2cc(Oc3ccc(C)cc3Cl)ccc21. The molecule has 0 radical (unpaired) electrons. The number of fused-ring (bicyclic) bond motifs is 1. The van der Waals surface area contributed by atoms with Crippen LogP contribution >= 0.6 is 11.6 Å². The summed E-state index contributed by atoms with van der Waals surface area (Å²) in [6.45, 7) is 1.97. The largest absolute Gasteiger partial charge is 0.456 e. The predicted molar refractivity (Wildman–Crippen MR) is 83.1 cm³/mol. The van der Waals surface area contributed by atoms with E-state index < -0.39 is 0 Å². The van der Waals surface area contributed by atoms with Gasteiger partial charge in [-0.15, -0.1) is 0 Å². The molecule has 108 valence electrons. The molecular formula is C16H15ClN2O2. The normalized spacial score (nSPS) is 16.5. The van der Waals surface area contributed by atoms with Crippen molar-refractivity contribution < 1.29 is 9.53 Å². The van der Waals surface area contributed by atoms with Gasteiger partial charge in [0.15, 0.2) is 0 Å². The number of aryl methyl sites for hydroxylation is 1. The number of amides is 1. The number of carbonyl (C=O) groups is 1. The zero-order valence-corrected chi connectivity index (χ0v) is 12.5. The maximum absolute atomic E-state index is 11.8. The Balaban J connectivity index is 1.89. The number of nitrogens with one attached hydrogen (secondary N) is 2. The number of hydrogen-bond acceptors (Lipinski definition) is 3. The average Bonchev–Trinajstić information content (AvgIpc) is 2.76. The van der Waals surface area contributed by atoms with Crippen LogP contribution in [0.4, 0.5) is 5.69 Å². The van der Waals surface area contributed by atoms with E-state index in [1.807, 2.05) is 37.3 Å². The molecule has 0 aromatic heterocycles. The lowest BCUT2D eigenvalue weighted by Crippen LogP contribution is -2.23. The summed E-state index contributed by atoms with van der Waals surface area (Å²) in [7, 11) is 1.76. The van der Waals surface area contributed by atoms with Crippen molar-refractivity contribution in [2.75, 3.05) is 12.4 Å². The number of hydrogen-bond donors (Lipinski definition) is 2. The molecule has 2 aromatic rings. The van der Waals surface area contributed by atoms with Crippen LogP contribution in [0.3, 0.4) is 0 Å². The van der Waals surface area contributed by atoms with Gasteiger partial charge in [-0.3, -0.25) is 4.79 Å². The highest BCUT2D eigenvalue weighted by Gasteiger charge is 2.29. The third-order valence-electron chi connectivity index (χ3n) is 3.46. The Morgan fingerprint density at radius 2 is 2.05 bits per heavy atom. The second-order valence-corrected chi connectivity index (χ2v) is 5.40. The minimum absolute atomic E-state index is 0.0574. The summed E-state index contributed by atoms with van der Waals surface area (Å²) in [5, 5.41) is 6.38. The van der Waals surface area contributed by atoms with Crippen LogP contribution in [0.25, 0.3) is 0 Å². The molecular weight excluding hydrogens is 288 g/mol. The first kappa shape index (κ1) is 13.9.